The number of ketones is 1. The summed E-state index contributed by atoms with van der Waals surface area (Å²) >= 11 is 0. The van der Waals surface area contributed by atoms with Crippen LogP contribution in [0.25, 0.3) is 0 Å². The summed E-state index contributed by atoms with van der Waals surface area (Å²) < 4.78 is 4.35. The van der Waals surface area contributed by atoms with Crippen molar-refractivity contribution >= 4 is 11.8 Å². The molecule has 1 saturated heterocycles. The molecule has 1 aliphatic rings. The van der Waals surface area contributed by atoms with Crippen molar-refractivity contribution in [1.82, 2.24) is 0 Å². The number of ether oxygens (including phenoxy) is 1. The van der Waals surface area contributed by atoms with Crippen LogP contribution in [0, 0.1) is 0 Å². The summed E-state index contributed by atoms with van der Waals surface area (Å²) in [5.41, 5.74) is -2.82. The number of Topliss-reactive ketones (excluding diaryl/α,β-unsaturated/α-hetero) is 1. The van der Waals surface area contributed by atoms with Gasteiger partial charge in [0.2, 0.25) is 5.60 Å². The summed E-state index contributed by atoms with van der Waals surface area (Å²) in [5, 5.41) is 37.4. The summed E-state index contributed by atoms with van der Waals surface area (Å²) in [6.45, 7) is 0.279. The first-order valence-corrected chi connectivity index (χ1v) is 4.26. The predicted octanol–water partition coefficient (Wildman–Crippen LogP) is -3.05. The number of hydrogen-bond donors (Lipinski definition) is 4. The first-order valence-electron chi connectivity index (χ1n) is 4.26. The standard InChI is InChI=1S/C8H12O7/c1-3(9)8(14)6(12)5(11)4(10)2-15-7(8)13/h4-6,10-12,14H,2H2,1H3/t4-,5-,6+,8-/m1/s1. The molecule has 0 radical (unpaired) electrons. The van der Waals surface area contributed by atoms with Crippen molar-refractivity contribution in [2.75, 3.05) is 6.61 Å². The normalized spacial score (nSPS) is 41.9. The molecule has 0 aromatic heterocycles. The molecule has 1 heterocycles. The second-order valence-corrected chi connectivity index (χ2v) is 3.42. The topological polar surface area (TPSA) is 124 Å². The van der Waals surface area contributed by atoms with Crippen molar-refractivity contribution in [3.05, 3.63) is 0 Å². The first-order chi connectivity index (χ1) is 6.81. The van der Waals surface area contributed by atoms with Gasteiger partial charge in [-0.25, -0.2) is 4.79 Å². The minimum Gasteiger partial charge on any atom is -0.460 e. The van der Waals surface area contributed by atoms with Crippen molar-refractivity contribution in [1.29, 1.82) is 0 Å². The molecule has 86 valence electrons. The van der Waals surface area contributed by atoms with Crippen molar-refractivity contribution in [2.24, 2.45) is 0 Å². The Balaban J connectivity index is 3.12. The van der Waals surface area contributed by atoms with Crippen molar-refractivity contribution in [3.63, 3.8) is 0 Å². The van der Waals surface area contributed by atoms with E-state index in [0.717, 1.165) is 6.92 Å². The molecule has 0 aromatic rings. The third kappa shape index (κ3) is 1.74. The van der Waals surface area contributed by atoms with Crippen molar-refractivity contribution in [2.45, 2.75) is 30.8 Å². The molecule has 0 spiro atoms. The van der Waals surface area contributed by atoms with Crippen LogP contribution >= 0.6 is 0 Å². The number of carbonyl (C=O) groups is 2. The highest BCUT2D eigenvalue weighted by Gasteiger charge is 2.55. The minimum atomic E-state index is -2.82. The first kappa shape index (κ1) is 12.1. The number of aliphatic hydroxyl groups excluding tert-OH is 3. The fourth-order valence-corrected chi connectivity index (χ4v) is 1.30. The monoisotopic (exact) mass is 220 g/mol. The number of aliphatic hydroxyl groups is 4. The van der Waals surface area contributed by atoms with Gasteiger partial charge in [0.1, 0.15) is 24.9 Å². The lowest BCUT2D eigenvalue weighted by atomic mass is 9.88. The maximum Gasteiger partial charge on any atom is 0.349 e. The van der Waals surface area contributed by atoms with E-state index in [-0.39, 0.29) is 0 Å². The summed E-state index contributed by atoms with van der Waals surface area (Å²) in [5.74, 6) is -2.44. The van der Waals surface area contributed by atoms with Gasteiger partial charge in [-0.3, -0.25) is 4.79 Å². The Labute approximate surface area is 84.9 Å². The smallest absolute Gasteiger partial charge is 0.349 e. The molecule has 1 fully saturated rings. The number of carbonyl (C=O) groups excluding carboxylic acids is 2. The molecule has 0 bridgehead atoms. The van der Waals surface area contributed by atoms with Crippen molar-refractivity contribution in [3.8, 4) is 0 Å². The van der Waals surface area contributed by atoms with Gasteiger partial charge < -0.3 is 25.2 Å². The average molecular weight is 220 g/mol. The molecule has 0 amide bonds. The van der Waals surface area contributed by atoms with Gasteiger partial charge in [0.25, 0.3) is 0 Å². The van der Waals surface area contributed by atoms with Crippen LogP contribution in [0.15, 0.2) is 0 Å². The largest absolute Gasteiger partial charge is 0.460 e. The van der Waals surface area contributed by atoms with E-state index < -0.39 is 42.3 Å². The zero-order chi connectivity index (χ0) is 11.8. The SMILES string of the molecule is CC(=O)[C@]1(O)C(=O)OC[C@@H](O)[C@@H](O)[C@@H]1O. The summed E-state index contributed by atoms with van der Waals surface area (Å²) in [6.07, 6.45) is -5.48. The molecule has 4 atom stereocenters. The van der Waals surface area contributed by atoms with Crippen LogP contribution < -0.4 is 0 Å². The number of rotatable bonds is 1. The molecule has 0 aliphatic carbocycles. The van der Waals surface area contributed by atoms with Gasteiger partial charge in [0.15, 0.2) is 5.78 Å². The molecular formula is C8H12O7. The lowest BCUT2D eigenvalue weighted by Gasteiger charge is -2.28. The molecule has 0 unspecified atom stereocenters. The number of hydrogen-bond acceptors (Lipinski definition) is 7. The summed E-state index contributed by atoms with van der Waals surface area (Å²) in [4.78, 5) is 22.2. The van der Waals surface area contributed by atoms with E-state index in [0.29, 0.717) is 0 Å². The predicted molar refractivity (Wildman–Crippen MR) is 44.6 cm³/mol. The van der Waals surface area contributed by atoms with E-state index in [1.54, 1.807) is 0 Å². The third-order valence-corrected chi connectivity index (χ3v) is 2.38. The lowest BCUT2D eigenvalue weighted by molar-refractivity contribution is -0.183. The van der Waals surface area contributed by atoms with Crippen LogP contribution in [0.3, 0.4) is 0 Å². The van der Waals surface area contributed by atoms with Crippen LogP contribution in [0.1, 0.15) is 6.92 Å². The minimum absolute atomic E-state index is 0.591. The van der Waals surface area contributed by atoms with E-state index in [1.807, 2.05) is 0 Å². The molecule has 4 N–H and O–H groups in total. The molecule has 0 aromatic carbocycles. The highest BCUT2D eigenvalue weighted by atomic mass is 16.6. The van der Waals surface area contributed by atoms with Gasteiger partial charge in [-0.15, -0.1) is 0 Å². The Bertz CT molecular complexity index is 289. The van der Waals surface area contributed by atoms with Crippen LogP contribution in [-0.2, 0) is 14.3 Å². The second kappa shape index (κ2) is 3.86. The van der Waals surface area contributed by atoms with Crippen molar-refractivity contribution < 1.29 is 34.8 Å². The second-order valence-electron chi connectivity index (χ2n) is 3.42. The molecular weight excluding hydrogens is 208 g/mol. The van der Waals surface area contributed by atoms with Gasteiger partial charge in [0, 0.05) is 0 Å². The number of esters is 1. The molecule has 7 nitrogen and oxygen atoms in total. The fraction of sp³-hybridized carbons (Fsp3) is 0.750. The van der Waals surface area contributed by atoms with E-state index in [2.05, 4.69) is 4.74 Å². The zero-order valence-electron chi connectivity index (χ0n) is 7.95. The molecule has 15 heavy (non-hydrogen) atoms. The number of cyclic esters (lactones) is 1. The average Bonchev–Trinajstić information content (AvgIpc) is 2.26. The Kier molecular flexibility index (Phi) is 3.10. The van der Waals surface area contributed by atoms with E-state index >= 15 is 0 Å². The lowest BCUT2D eigenvalue weighted by Crippen LogP contribution is -2.59. The molecule has 1 aliphatic heterocycles. The maximum absolute atomic E-state index is 11.2. The molecule has 0 saturated carbocycles. The van der Waals surface area contributed by atoms with Gasteiger partial charge in [-0.1, -0.05) is 0 Å². The van der Waals surface area contributed by atoms with E-state index in [1.165, 1.54) is 0 Å². The molecule has 1 rings (SSSR count). The van der Waals surface area contributed by atoms with E-state index in [4.69, 9.17) is 5.11 Å². The quantitative estimate of drug-likeness (QED) is 0.273. The zero-order valence-corrected chi connectivity index (χ0v) is 7.95. The maximum atomic E-state index is 11.2. The Hall–Kier alpha value is -1.02. The Morgan fingerprint density at radius 1 is 1.47 bits per heavy atom. The van der Waals surface area contributed by atoms with Crippen LogP contribution in [0.4, 0.5) is 0 Å². The highest BCUT2D eigenvalue weighted by Crippen LogP contribution is 2.23. The summed E-state index contributed by atoms with van der Waals surface area (Å²) in [6, 6.07) is 0. The summed E-state index contributed by atoms with van der Waals surface area (Å²) in [7, 11) is 0. The van der Waals surface area contributed by atoms with Crippen LogP contribution in [0.2, 0.25) is 0 Å². The van der Waals surface area contributed by atoms with Gasteiger partial charge >= 0.3 is 5.97 Å². The highest BCUT2D eigenvalue weighted by molar-refractivity contribution is 6.06. The van der Waals surface area contributed by atoms with Crippen LogP contribution in [0.5, 0.6) is 0 Å². The third-order valence-electron chi connectivity index (χ3n) is 2.38. The Morgan fingerprint density at radius 2 is 2.00 bits per heavy atom. The molecule has 7 heteroatoms. The van der Waals surface area contributed by atoms with Gasteiger partial charge in [-0.2, -0.15) is 0 Å². The van der Waals surface area contributed by atoms with Gasteiger partial charge in [0.05, 0.1) is 0 Å². The fourth-order valence-electron chi connectivity index (χ4n) is 1.30. The van der Waals surface area contributed by atoms with E-state index in [9.17, 15) is 24.9 Å². The van der Waals surface area contributed by atoms with Gasteiger partial charge in [-0.05, 0) is 6.92 Å². The Morgan fingerprint density at radius 3 is 2.47 bits per heavy atom. The van der Waals surface area contributed by atoms with Crippen LogP contribution in [-0.4, -0.2) is 62.7 Å².